The van der Waals surface area contributed by atoms with Crippen LogP contribution in [0.25, 0.3) is 0 Å². The number of nitrogens with one attached hydrogen (secondary N) is 2. The fraction of sp³-hybridized carbons (Fsp3) is 0.192. The summed E-state index contributed by atoms with van der Waals surface area (Å²) in [5.41, 5.74) is 1.83. The minimum absolute atomic E-state index is 0.0116. The Bertz CT molecular complexity index is 1230. The number of carbonyl (C=O) groups excluding carboxylic acids is 3. The molecule has 0 unspecified atom stereocenters. The van der Waals surface area contributed by atoms with Gasteiger partial charge in [-0.15, -0.1) is 0 Å². The van der Waals surface area contributed by atoms with E-state index in [2.05, 4.69) is 26.6 Å². The summed E-state index contributed by atoms with van der Waals surface area (Å²) in [4.78, 5) is 36.2. The van der Waals surface area contributed by atoms with Gasteiger partial charge in [-0.05, 0) is 95.5 Å². The highest BCUT2D eigenvalue weighted by molar-refractivity contribution is 9.10. The second-order valence-corrected chi connectivity index (χ2v) is 9.39. The average molecular weight is 594 g/mol. The van der Waals surface area contributed by atoms with E-state index in [0.717, 1.165) is 4.47 Å². The van der Waals surface area contributed by atoms with Gasteiger partial charge in [-0.25, -0.2) is 0 Å². The van der Waals surface area contributed by atoms with E-state index in [1.54, 1.807) is 67.6 Å². The van der Waals surface area contributed by atoms with Crippen molar-refractivity contribution >= 4 is 68.3 Å². The summed E-state index contributed by atoms with van der Waals surface area (Å²) in [5.74, 6) is -0.0262. The zero-order chi connectivity index (χ0) is 26.1. The highest BCUT2D eigenvalue weighted by Crippen LogP contribution is 2.31. The highest BCUT2D eigenvalue weighted by atomic mass is 79.9. The second-order valence-electron chi connectivity index (χ2n) is 7.72. The lowest BCUT2D eigenvalue weighted by Gasteiger charge is -2.11. The summed E-state index contributed by atoms with van der Waals surface area (Å²) >= 11 is 15.3. The Hall–Kier alpha value is -3.07. The first kappa shape index (κ1) is 27.5. The topological polar surface area (TPSA) is 93.7 Å². The third-order valence-electron chi connectivity index (χ3n) is 4.95. The Labute approximate surface area is 227 Å². The molecule has 0 aromatic heterocycles. The number of esters is 1. The fourth-order valence-electron chi connectivity index (χ4n) is 3.05. The van der Waals surface area contributed by atoms with E-state index in [4.69, 9.17) is 32.7 Å². The van der Waals surface area contributed by atoms with E-state index < -0.39 is 18.5 Å². The number of carbonyl (C=O) groups is 3. The van der Waals surface area contributed by atoms with Crippen LogP contribution in [0.3, 0.4) is 0 Å². The van der Waals surface area contributed by atoms with Crippen molar-refractivity contribution in [2.24, 2.45) is 0 Å². The van der Waals surface area contributed by atoms with E-state index in [-0.39, 0.29) is 25.2 Å². The first-order chi connectivity index (χ1) is 17.2. The highest BCUT2D eigenvalue weighted by Gasteiger charge is 2.12. The number of halogens is 3. The Balaban J connectivity index is 1.34. The monoisotopic (exact) mass is 592 g/mol. The summed E-state index contributed by atoms with van der Waals surface area (Å²) in [6.45, 7) is 1.34. The quantitative estimate of drug-likeness (QED) is 0.243. The molecule has 188 valence electrons. The predicted molar refractivity (Wildman–Crippen MR) is 144 cm³/mol. The van der Waals surface area contributed by atoms with Gasteiger partial charge in [0.25, 0.3) is 5.91 Å². The number of ether oxygens (including phenoxy) is 2. The summed E-state index contributed by atoms with van der Waals surface area (Å²) in [6.07, 6.45) is 0.421. The molecule has 2 amide bonds. The maximum atomic E-state index is 12.2. The molecule has 3 aromatic carbocycles. The van der Waals surface area contributed by atoms with E-state index in [1.807, 2.05) is 0 Å². The van der Waals surface area contributed by atoms with Gasteiger partial charge in [-0.1, -0.05) is 23.2 Å². The minimum atomic E-state index is -0.563. The van der Waals surface area contributed by atoms with Crippen molar-refractivity contribution in [1.82, 2.24) is 0 Å². The van der Waals surface area contributed by atoms with Gasteiger partial charge in [0, 0.05) is 33.7 Å². The second kappa shape index (κ2) is 13.3. The molecule has 0 saturated heterocycles. The van der Waals surface area contributed by atoms with Gasteiger partial charge in [0.15, 0.2) is 6.61 Å². The first-order valence-electron chi connectivity index (χ1n) is 10.9. The van der Waals surface area contributed by atoms with E-state index >= 15 is 0 Å². The van der Waals surface area contributed by atoms with Crippen molar-refractivity contribution in [3.8, 4) is 11.5 Å². The molecule has 0 fully saturated rings. The van der Waals surface area contributed by atoms with Gasteiger partial charge in [-0.3, -0.25) is 14.4 Å². The molecular formula is C26H23BrCl2N2O5. The number of hydrogen-bond acceptors (Lipinski definition) is 5. The predicted octanol–water partition coefficient (Wildman–Crippen LogP) is 7.15. The molecule has 0 saturated carbocycles. The first-order valence-corrected chi connectivity index (χ1v) is 12.5. The molecule has 10 heteroatoms. The maximum absolute atomic E-state index is 12.2. The molecule has 3 aromatic rings. The van der Waals surface area contributed by atoms with Crippen LogP contribution >= 0.6 is 39.1 Å². The van der Waals surface area contributed by atoms with Crippen LogP contribution in [-0.2, 0) is 19.1 Å². The normalized spacial score (nSPS) is 10.4. The van der Waals surface area contributed by atoms with Crippen LogP contribution in [0.15, 0.2) is 65.1 Å². The van der Waals surface area contributed by atoms with Gasteiger partial charge in [0.1, 0.15) is 11.5 Å². The Morgan fingerprint density at radius 2 is 1.47 bits per heavy atom. The molecule has 36 heavy (non-hydrogen) atoms. The lowest BCUT2D eigenvalue weighted by atomic mass is 10.2. The molecule has 2 N–H and O–H groups in total. The Morgan fingerprint density at radius 3 is 2.14 bits per heavy atom. The van der Waals surface area contributed by atoms with Crippen LogP contribution in [-0.4, -0.2) is 24.4 Å². The summed E-state index contributed by atoms with van der Waals surface area (Å²) < 4.78 is 11.4. The van der Waals surface area contributed by atoms with Gasteiger partial charge in [0.05, 0.1) is 5.02 Å². The largest absolute Gasteiger partial charge is 0.457 e. The molecule has 0 aliphatic heterocycles. The number of benzene rings is 3. The van der Waals surface area contributed by atoms with Crippen molar-refractivity contribution in [3.05, 3.63) is 80.7 Å². The van der Waals surface area contributed by atoms with Crippen LogP contribution in [0.2, 0.25) is 10.0 Å². The van der Waals surface area contributed by atoms with Crippen molar-refractivity contribution in [2.45, 2.75) is 26.2 Å². The lowest BCUT2D eigenvalue weighted by molar-refractivity contribution is -0.147. The third kappa shape index (κ3) is 8.55. The van der Waals surface area contributed by atoms with E-state index in [9.17, 15) is 14.4 Å². The zero-order valence-corrected chi connectivity index (χ0v) is 22.4. The van der Waals surface area contributed by atoms with Crippen molar-refractivity contribution in [1.29, 1.82) is 0 Å². The van der Waals surface area contributed by atoms with Crippen LogP contribution in [0.1, 0.15) is 24.8 Å². The van der Waals surface area contributed by atoms with Crippen molar-refractivity contribution in [2.75, 3.05) is 17.2 Å². The summed E-state index contributed by atoms with van der Waals surface area (Å²) in [7, 11) is 0. The molecular weight excluding hydrogens is 571 g/mol. The number of rotatable bonds is 10. The molecule has 3 rings (SSSR count). The summed E-state index contributed by atoms with van der Waals surface area (Å²) in [6, 6.07) is 17.3. The molecule has 0 bridgehead atoms. The average Bonchev–Trinajstić information content (AvgIpc) is 2.86. The van der Waals surface area contributed by atoms with Crippen LogP contribution in [0.4, 0.5) is 11.4 Å². The molecule has 0 heterocycles. The van der Waals surface area contributed by atoms with Crippen molar-refractivity contribution in [3.63, 3.8) is 0 Å². The van der Waals surface area contributed by atoms with Gasteiger partial charge in [-0.2, -0.15) is 0 Å². The molecule has 0 spiro atoms. The zero-order valence-electron chi connectivity index (χ0n) is 19.3. The van der Waals surface area contributed by atoms with Crippen LogP contribution in [0.5, 0.6) is 11.5 Å². The Morgan fingerprint density at radius 1 is 0.833 bits per heavy atom. The minimum Gasteiger partial charge on any atom is -0.457 e. The standard InChI is InChI=1S/C26H23BrCl2N2O5/c1-16-22(14-13-21(27)26(16)29)31-24(33)15-35-25(34)4-2-3-23(32)30-18-7-11-20(12-8-18)36-19-9-5-17(28)6-10-19/h5-14H,2-4,15H2,1H3,(H,30,32)(H,31,33). The molecule has 0 aliphatic rings. The summed E-state index contributed by atoms with van der Waals surface area (Å²) in [5, 5.41) is 6.53. The maximum Gasteiger partial charge on any atom is 0.306 e. The number of anilines is 2. The lowest BCUT2D eigenvalue weighted by Crippen LogP contribution is -2.21. The molecule has 7 nitrogen and oxygen atoms in total. The molecule has 0 aliphatic carbocycles. The van der Waals surface area contributed by atoms with E-state index in [1.165, 1.54) is 0 Å². The Kier molecular flexibility index (Phi) is 10.2. The van der Waals surface area contributed by atoms with Gasteiger partial charge >= 0.3 is 5.97 Å². The third-order valence-corrected chi connectivity index (χ3v) is 6.58. The van der Waals surface area contributed by atoms with Crippen molar-refractivity contribution < 1.29 is 23.9 Å². The fourth-order valence-corrected chi connectivity index (χ4v) is 3.77. The number of hydrogen-bond donors (Lipinski definition) is 2. The molecule has 0 radical (unpaired) electrons. The van der Waals surface area contributed by atoms with E-state index in [0.29, 0.717) is 38.5 Å². The smallest absolute Gasteiger partial charge is 0.306 e. The van der Waals surface area contributed by atoms with Crippen LogP contribution < -0.4 is 15.4 Å². The molecule has 0 atom stereocenters. The number of amides is 2. The SMILES string of the molecule is Cc1c(NC(=O)COC(=O)CCCC(=O)Nc2ccc(Oc3ccc(Cl)cc3)cc2)ccc(Br)c1Cl. The van der Waals surface area contributed by atoms with Gasteiger partial charge in [0.2, 0.25) is 5.91 Å². The van der Waals surface area contributed by atoms with Gasteiger partial charge < -0.3 is 20.1 Å². The van der Waals surface area contributed by atoms with Crippen LogP contribution in [0, 0.1) is 6.92 Å².